The zero-order valence-corrected chi connectivity index (χ0v) is 13.2. The first-order valence-electron chi connectivity index (χ1n) is 6.58. The topological polar surface area (TPSA) is 29.9 Å². The normalized spacial score (nSPS) is 11.2. The fourth-order valence-corrected chi connectivity index (χ4v) is 3.13. The monoisotopic (exact) mass is 297 g/mol. The smallest absolute Gasteiger partial charge is 0.0815 e. The summed E-state index contributed by atoms with van der Waals surface area (Å²) in [5.74, 6) is 0. The minimum atomic E-state index is 0.734. The van der Waals surface area contributed by atoms with Gasteiger partial charge in [-0.05, 0) is 38.4 Å². The van der Waals surface area contributed by atoms with E-state index in [9.17, 15) is 0 Å². The van der Waals surface area contributed by atoms with Gasteiger partial charge in [-0.1, -0.05) is 18.5 Å². The van der Waals surface area contributed by atoms with Crippen LogP contribution in [-0.4, -0.2) is 16.3 Å². The van der Waals surface area contributed by atoms with E-state index in [1.165, 1.54) is 21.7 Å². The molecule has 0 bridgehead atoms. The predicted octanol–water partition coefficient (Wildman–Crippen LogP) is 3.76. The molecule has 0 saturated carbocycles. The van der Waals surface area contributed by atoms with Gasteiger partial charge >= 0.3 is 0 Å². The quantitative estimate of drug-likeness (QED) is 0.823. The molecule has 2 rings (SSSR count). The summed E-state index contributed by atoms with van der Waals surface area (Å²) >= 11 is 7.89. The number of hydrogen-bond acceptors (Lipinski definition) is 3. The molecular weight excluding hydrogens is 278 g/mol. The molecule has 0 saturated heterocycles. The molecule has 19 heavy (non-hydrogen) atoms. The fraction of sp³-hybridized carbons (Fsp3) is 0.500. The summed E-state index contributed by atoms with van der Waals surface area (Å²) in [6.07, 6.45) is 2.88. The summed E-state index contributed by atoms with van der Waals surface area (Å²) < 4.78 is 1.96. The number of hydrogen-bond donors (Lipinski definition) is 1. The average Bonchev–Trinajstić information content (AvgIpc) is 2.88. The molecule has 0 aliphatic heterocycles. The Balaban J connectivity index is 2.06. The molecule has 0 aliphatic rings. The van der Waals surface area contributed by atoms with Gasteiger partial charge in [0.25, 0.3) is 0 Å². The largest absolute Gasteiger partial charge is 0.312 e. The van der Waals surface area contributed by atoms with Gasteiger partial charge in [-0.3, -0.25) is 4.68 Å². The summed E-state index contributed by atoms with van der Waals surface area (Å²) in [5.41, 5.74) is 2.36. The molecule has 5 heteroatoms. The zero-order chi connectivity index (χ0) is 13.8. The maximum absolute atomic E-state index is 6.03. The van der Waals surface area contributed by atoms with Crippen molar-refractivity contribution in [1.82, 2.24) is 15.1 Å². The van der Waals surface area contributed by atoms with Crippen LogP contribution in [0.3, 0.4) is 0 Å². The average molecular weight is 298 g/mol. The number of halogens is 1. The molecule has 0 unspecified atom stereocenters. The molecule has 0 aromatic carbocycles. The van der Waals surface area contributed by atoms with Crippen molar-refractivity contribution in [2.75, 3.05) is 6.54 Å². The number of nitrogens with one attached hydrogen (secondary N) is 1. The van der Waals surface area contributed by atoms with Crippen LogP contribution in [0.1, 0.15) is 34.4 Å². The predicted molar refractivity (Wildman–Crippen MR) is 82.1 cm³/mol. The molecule has 0 radical (unpaired) electrons. The van der Waals surface area contributed by atoms with E-state index in [0.29, 0.717) is 0 Å². The van der Waals surface area contributed by atoms with Gasteiger partial charge in [-0.15, -0.1) is 11.3 Å². The highest BCUT2D eigenvalue weighted by molar-refractivity contribution is 7.12. The van der Waals surface area contributed by atoms with Crippen molar-refractivity contribution in [2.24, 2.45) is 0 Å². The highest BCUT2D eigenvalue weighted by Crippen LogP contribution is 2.23. The van der Waals surface area contributed by atoms with Crippen molar-refractivity contribution in [3.63, 3.8) is 0 Å². The Hall–Kier alpha value is -0.840. The number of thiophene rings is 1. The maximum Gasteiger partial charge on any atom is 0.0815 e. The minimum absolute atomic E-state index is 0.734. The van der Waals surface area contributed by atoms with Gasteiger partial charge in [-0.25, -0.2) is 0 Å². The van der Waals surface area contributed by atoms with Gasteiger partial charge in [0.2, 0.25) is 0 Å². The van der Waals surface area contributed by atoms with Crippen LogP contribution in [-0.2, 0) is 13.1 Å². The zero-order valence-electron chi connectivity index (χ0n) is 11.7. The molecule has 2 aromatic heterocycles. The first kappa shape index (κ1) is 14.6. The molecule has 2 aromatic rings. The number of aromatic nitrogens is 2. The summed E-state index contributed by atoms with van der Waals surface area (Å²) in [4.78, 5) is 2.75. The van der Waals surface area contributed by atoms with Crippen LogP contribution in [0.2, 0.25) is 5.02 Å². The van der Waals surface area contributed by atoms with Crippen molar-refractivity contribution in [1.29, 1.82) is 0 Å². The van der Waals surface area contributed by atoms with Gasteiger partial charge in [-0.2, -0.15) is 5.10 Å². The van der Waals surface area contributed by atoms with E-state index in [4.69, 9.17) is 11.6 Å². The van der Waals surface area contributed by atoms with Crippen LogP contribution in [0.25, 0.3) is 0 Å². The van der Waals surface area contributed by atoms with Crippen LogP contribution in [0.4, 0.5) is 0 Å². The molecule has 0 fully saturated rings. The second kappa shape index (κ2) is 6.55. The lowest BCUT2D eigenvalue weighted by molar-refractivity contribution is 0.661. The van der Waals surface area contributed by atoms with Crippen molar-refractivity contribution in [3.05, 3.63) is 38.3 Å². The Kier molecular flexibility index (Phi) is 5.02. The van der Waals surface area contributed by atoms with E-state index in [2.05, 4.69) is 30.3 Å². The maximum atomic E-state index is 6.03. The minimum Gasteiger partial charge on any atom is -0.312 e. The van der Waals surface area contributed by atoms with E-state index >= 15 is 0 Å². The fourth-order valence-electron chi connectivity index (χ4n) is 1.96. The summed E-state index contributed by atoms with van der Waals surface area (Å²) in [5, 5.41) is 8.48. The van der Waals surface area contributed by atoms with Gasteiger partial charge < -0.3 is 5.32 Å². The van der Waals surface area contributed by atoms with E-state index in [1.54, 1.807) is 6.20 Å². The van der Waals surface area contributed by atoms with Crippen molar-refractivity contribution in [2.45, 2.75) is 40.3 Å². The molecule has 104 valence electrons. The number of aryl methyl sites for hydroxylation is 1. The first-order chi connectivity index (χ1) is 9.11. The van der Waals surface area contributed by atoms with Crippen LogP contribution >= 0.6 is 22.9 Å². The SMILES string of the molecule is CCCNCc1cc(Cn2ncc(Cl)c2C)c(C)s1. The van der Waals surface area contributed by atoms with Gasteiger partial charge in [0.15, 0.2) is 0 Å². The Bertz CT molecular complexity index is 545. The molecule has 0 atom stereocenters. The standard InChI is InChI=1S/C14H20ClN3S/c1-4-5-16-7-13-6-12(11(3)19-13)9-18-10(2)14(15)8-17-18/h6,8,16H,4-5,7,9H2,1-3H3. The molecule has 0 spiro atoms. The highest BCUT2D eigenvalue weighted by Gasteiger charge is 2.09. The van der Waals surface area contributed by atoms with Crippen molar-refractivity contribution < 1.29 is 0 Å². The molecule has 3 nitrogen and oxygen atoms in total. The Morgan fingerprint density at radius 3 is 2.84 bits per heavy atom. The third kappa shape index (κ3) is 3.59. The Morgan fingerprint density at radius 2 is 2.21 bits per heavy atom. The lowest BCUT2D eigenvalue weighted by Gasteiger charge is -2.03. The Labute approximate surface area is 123 Å². The summed E-state index contributed by atoms with van der Waals surface area (Å²) in [7, 11) is 0. The van der Waals surface area contributed by atoms with E-state index < -0.39 is 0 Å². The van der Waals surface area contributed by atoms with Gasteiger partial charge in [0.1, 0.15) is 0 Å². The second-order valence-corrected chi connectivity index (χ2v) is 6.45. The summed E-state index contributed by atoms with van der Waals surface area (Å²) in [6, 6.07) is 2.28. The molecular formula is C14H20ClN3S. The third-order valence-electron chi connectivity index (χ3n) is 3.16. The van der Waals surface area contributed by atoms with Gasteiger partial charge in [0, 0.05) is 16.3 Å². The number of rotatable bonds is 6. The van der Waals surface area contributed by atoms with Gasteiger partial charge in [0.05, 0.1) is 23.5 Å². The number of nitrogens with zero attached hydrogens (tertiary/aromatic N) is 2. The van der Waals surface area contributed by atoms with Crippen LogP contribution in [0.5, 0.6) is 0 Å². The van der Waals surface area contributed by atoms with E-state index in [1.807, 2.05) is 22.9 Å². The van der Waals surface area contributed by atoms with E-state index in [-0.39, 0.29) is 0 Å². The van der Waals surface area contributed by atoms with Crippen molar-refractivity contribution >= 4 is 22.9 Å². The molecule has 2 heterocycles. The van der Waals surface area contributed by atoms with Crippen LogP contribution in [0.15, 0.2) is 12.3 Å². The summed E-state index contributed by atoms with van der Waals surface area (Å²) in [6.45, 7) is 9.18. The Morgan fingerprint density at radius 1 is 1.42 bits per heavy atom. The molecule has 0 aliphatic carbocycles. The van der Waals surface area contributed by atoms with E-state index in [0.717, 1.165) is 30.4 Å². The lowest BCUT2D eigenvalue weighted by Crippen LogP contribution is -2.12. The first-order valence-corrected chi connectivity index (χ1v) is 7.78. The van der Waals surface area contributed by atoms with Crippen molar-refractivity contribution in [3.8, 4) is 0 Å². The third-order valence-corrected chi connectivity index (χ3v) is 4.62. The lowest BCUT2D eigenvalue weighted by atomic mass is 10.2. The second-order valence-electron chi connectivity index (χ2n) is 4.71. The molecule has 1 N–H and O–H groups in total. The van der Waals surface area contributed by atoms with Crippen LogP contribution < -0.4 is 5.32 Å². The molecule has 0 amide bonds. The highest BCUT2D eigenvalue weighted by atomic mass is 35.5. The van der Waals surface area contributed by atoms with Crippen LogP contribution in [0, 0.1) is 13.8 Å².